The molecule has 4 rings (SSSR count). The first kappa shape index (κ1) is 21.7. The molecule has 1 aliphatic carbocycles. The fraction of sp³-hybridized carbons (Fsp3) is 0.429. The van der Waals surface area contributed by atoms with Gasteiger partial charge in [-0.15, -0.1) is 5.10 Å². The molecule has 0 spiro atoms. The monoisotopic (exact) mass is 446 g/mol. The Morgan fingerprint density at radius 3 is 2.69 bits per heavy atom. The van der Waals surface area contributed by atoms with Crippen LogP contribution >= 0.6 is 0 Å². The molecule has 1 fully saturated rings. The molecule has 0 aromatic carbocycles. The Bertz CT molecular complexity index is 1150. The van der Waals surface area contributed by atoms with E-state index in [2.05, 4.69) is 25.2 Å². The molecule has 2 unspecified atom stereocenters. The Morgan fingerprint density at radius 2 is 2.03 bits per heavy atom. The molecule has 1 saturated carbocycles. The van der Waals surface area contributed by atoms with Gasteiger partial charge in [-0.2, -0.15) is 13.9 Å². The largest absolute Gasteiger partial charge is 0.476 e. The first-order chi connectivity index (χ1) is 15.3. The summed E-state index contributed by atoms with van der Waals surface area (Å²) in [6, 6.07) is 6.72. The van der Waals surface area contributed by atoms with Crippen LogP contribution in [0.5, 0.6) is 11.6 Å². The van der Waals surface area contributed by atoms with Crippen molar-refractivity contribution in [2.45, 2.75) is 32.4 Å². The number of ether oxygens (including phenoxy) is 2. The van der Waals surface area contributed by atoms with Crippen LogP contribution in [0.25, 0.3) is 0 Å². The SMILES string of the molecule is Cc1cc(CNc2cc(OCC3CC3c3ccc(OC(F)F)cn3)nn(C)c2=O)n(C)n1. The van der Waals surface area contributed by atoms with Crippen LogP contribution in [0.15, 0.2) is 35.3 Å². The van der Waals surface area contributed by atoms with Gasteiger partial charge in [0.25, 0.3) is 5.56 Å². The van der Waals surface area contributed by atoms with E-state index >= 15 is 0 Å². The number of nitrogens with zero attached hydrogens (tertiary/aromatic N) is 5. The second-order valence-electron chi connectivity index (χ2n) is 7.79. The molecular formula is C21H24F2N6O3. The Kier molecular flexibility index (Phi) is 6.06. The van der Waals surface area contributed by atoms with Gasteiger partial charge in [-0.1, -0.05) is 0 Å². The molecule has 3 aromatic rings. The zero-order valence-electron chi connectivity index (χ0n) is 18.0. The third-order valence-electron chi connectivity index (χ3n) is 5.33. The van der Waals surface area contributed by atoms with Gasteiger partial charge in [0, 0.05) is 37.7 Å². The smallest absolute Gasteiger partial charge is 0.387 e. The van der Waals surface area contributed by atoms with Crippen molar-refractivity contribution in [3.05, 3.63) is 57.9 Å². The summed E-state index contributed by atoms with van der Waals surface area (Å²) < 4.78 is 37.7. The van der Waals surface area contributed by atoms with Gasteiger partial charge >= 0.3 is 6.61 Å². The zero-order chi connectivity index (χ0) is 22.8. The van der Waals surface area contributed by atoms with E-state index in [1.807, 2.05) is 20.0 Å². The summed E-state index contributed by atoms with van der Waals surface area (Å²) in [7, 11) is 3.42. The highest BCUT2D eigenvalue weighted by molar-refractivity contribution is 5.43. The van der Waals surface area contributed by atoms with Crippen molar-refractivity contribution in [1.82, 2.24) is 24.5 Å². The van der Waals surface area contributed by atoms with Gasteiger partial charge in [0.2, 0.25) is 5.88 Å². The summed E-state index contributed by atoms with van der Waals surface area (Å²) in [6.07, 6.45) is 2.17. The lowest BCUT2D eigenvalue weighted by molar-refractivity contribution is -0.0500. The van der Waals surface area contributed by atoms with E-state index < -0.39 is 6.61 Å². The molecule has 9 nitrogen and oxygen atoms in total. The standard InChI is InChI=1S/C21H24F2N6O3/c1-12-6-14(28(2)26-12)9-24-18-8-19(27-29(3)20(18)30)31-11-13-7-16(13)17-5-4-15(10-25-17)32-21(22)23/h4-6,8,10,13,16,21,24H,7,9,11H2,1-3H3. The Labute approximate surface area is 183 Å². The van der Waals surface area contributed by atoms with Crippen molar-refractivity contribution in [2.75, 3.05) is 11.9 Å². The molecule has 0 aliphatic heterocycles. The first-order valence-corrected chi connectivity index (χ1v) is 10.2. The van der Waals surface area contributed by atoms with Crippen LogP contribution in [0.4, 0.5) is 14.5 Å². The maximum Gasteiger partial charge on any atom is 0.387 e. The lowest BCUT2D eigenvalue weighted by Crippen LogP contribution is -2.24. The van der Waals surface area contributed by atoms with E-state index in [-0.39, 0.29) is 23.1 Å². The number of anilines is 1. The fourth-order valence-electron chi connectivity index (χ4n) is 3.56. The third-order valence-corrected chi connectivity index (χ3v) is 5.33. The Morgan fingerprint density at radius 1 is 1.22 bits per heavy atom. The molecule has 0 radical (unpaired) electrons. The van der Waals surface area contributed by atoms with Crippen LogP contribution in [0, 0.1) is 12.8 Å². The number of hydrogen-bond acceptors (Lipinski definition) is 7. The lowest BCUT2D eigenvalue weighted by Gasteiger charge is -2.11. The fourth-order valence-corrected chi connectivity index (χ4v) is 3.56. The van der Waals surface area contributed by atoms with Crippen molar-refractivity contribution in [3.8, 4) is 11.6 Å². The van der Waals surface area contributed by atoms with E-state index in [1.165, 1.54) is 16.9 Å². The highest BCUT2D eigenvalue weighted by atomic mass is 19.3. The highest BCUT2D eigenvalue weighted by Crippen LogP contribution is 2.46. The minimum atomic E-state index is -2.87. The number of nitrogens with one attached hydrogen (secondary N) is 1. The van der Waals surface area contributed by atoms with Crippen LogP contribution in [0.3, 0.4) is 0 Å². The summed E-state index contributed by atoms with van der Waals surface area (Å²) in [4.78, 5) is 16.6. The normalized spacial score (nSPS) is 17.4. The summed E-state index contributed by atoms with van der Waals surface area (Å²) in [5.41, 5.74) is 2.79. The summed E-state index contributed by atoms with van der Waals surface area (Å²) in [6.45, 7) is -0.107. The van der Waals surface area contributed by atoms with Gasteiger partial charge in [-0.25, -0.2) is 4.68 Å². The predicted molar refractivity (Wildman–Crippen MR) is 112 cm³/mol. The van der Waals surface area contributed by atoms with Crippen molar-refractivity contribution in [1.29, 1.82) is 0 Å². The predicted octanol–water partition coefficient (Wildman–Crippen LogP) is 2.61. The van der Waals surface area contributed by atoms with Crippen molar-refractivity contribution >= 4 is 5.69 Å². The number of halogens is 2. The Hall–Kier alpha value is -3.50. The molecule has 1 N–H and O–H groups in total. The topological polar surface area (TPSA) is 96.1 Å². The maximum atomic E-state index is 12.4. The molecule has 0 amide bonds. The third kappa shape index (κ3) is 5.04. The maximum absolute atomic E-state index is 12.4. The summed E-state index contributed by atoms with van der Waals surface area (Å²) >= 11 is 0. The molecule has 32 heavy (non-hydrogen) atoms. The molecule has 11 heteroatoms. The molecule has 3 aromatic heterocycles. The Balaban J connectivity index is 1.35. The zero-order valence-corrected chi connectivity index (χ0v) is 18.0. The average molecular weight is 446 g/mol. The van der Waals surface area contributed by atoms with Crippen LogP contribution in [-0.4, -0.2) is 37.8 Å². The van der Waals surface area contributed by atoms with Crippen LogP contribution < -0.4 is 20.3 Å². The molecule has 0 saturated heterocycles. The van der Waals surface area contributed by atoms with Crippen LogP contribution in [0.2, 0.25) is 0 Å². The number of hydrogen-bond donors (Lipinski definition) is 1. The highest BCUT2D eigenvalue weighted by Gasteiger charge is 2.40. The van der Waals surface area contributed by atoms with Crippen LogP contribution in [-0.2, 0) is 20.6 Å². The van der Waals surface area contributed by atoms with Gasteiger partial charge in [0.1, 0.15) is 11.4 Å². The van der Waals surface area contributed by atoms with Crippen molar-refractivity contribution in [2.24, 2.45) is 20.0 Å². The number of pyridine rings is 1. The first-order valence-electron chi connectivity index (χ1n) is 10.2. The quantitative estimate of drug-likeness (QED) is 0.540. The van der Waals surface area contributed by atoms with E-state index in [0.717, 1.165) is 23.5 Å². The van der Waals surface area contributed by atoms with E-state index in [0.29, 0.717) is 24.7 Å². The molecule has 0 bridgehead atoms. The molecule has 1 aliphatic rings. The number of rotatable bonds is 9. The van der Waals surface area contributed by atoms with Gasteiger partial charge in [0.15, 0.2) is 0 Å². The van der Waals surface area contributed by atoms with Crippen molar-refractivity contribution in [3.63, 3.8) is 0 Å². The van der Waals surface area contributed by atoms with Crippen molar-refractivity contribution < 1.29 is 18.3 Å². The number of aromatic nitrogens is 5. The average Bonchev–Trinajstić information content (AvgIpc) is 3.44. The van der Waals surface area contributed by atoms with E-state index in [4.69, 9.17) is 4.74 Å². The molecule has 2 atom stereocenters. The molecule has 3 heterocycles. The van der Waals surface area contributed by atoms with Gasteiger partial charge in [-0.3, -0.25) is 14.5 Å². The second-order valence-corrected chi connectivity index (χ2v) is 7.79. The van der Waals surface area contributed by atoms with Crippen LogP contribution in [0.1, 0.15) is 29.4 Å². The van der Waals surface area contributed by atoms with Gasteiger partial charge in [-0.05, 0) is 31.5 Å². The van der Waals surface area contributed by atoms with Gasteiger partial charge < -0.3 is 14.8 Å². The second kappa shape index (κ2) is 8.93. The minimum Gasteiger partial charge on any atom is -0.476 e. The van der Waals surface area contributed by atoms with E-state index in [9.17, 15) is 13.6 Å². The number of alkyl halides is 2. The molecular weight excluding hydrogens is 422 g/mol. The molecule has 170 valence electrons. The van der Waals surface area contributed by atoms with E-state index in [1.54, 1.807) is 23.9 Å². The van der Waals surface area contributed by atoms with Gasteiger partial charge in [0.05, 0.1) is 30.7 Å². The summed E-state index contributed by atoms with van der Waals surface area (Å²) in [5.74, 6) is 0.800. The minimum absolute atomic E-state index is 0.0351. The lowest BCUT2D eigenvalue weighted by atomic mass is 10.2. The number of aryl methyl sites for hydroxylation is 3. The summed E-state index contributed by atoms with van der Waals surface area (Å²) in [5, 5.41) is 11.6.